The Morgan fingerprint density at radius 3 is 2.64 bits per heavy atom. The van der Waals surface area contributed by atoms with Gasteiger partial charge in [0.15, 0.2) is 0 Å². The number of rotatable bonds is 8. The molecule has 0 bridgehead atoms. The maximum absolute atomic E-state index is 10.1. The highest BCUT2D eigenvalue weighted by atomic mass is 127. The van der Waals surface area contributed by atoms with Crippen LogP contribution in [0.3, 0.4) is 0 Å². The summed E-state index contributed by atoms with van der Waals surface area (Å²) in [5.74, 6) is 8.01. The number of nitrogens with one attached hydrogen (secondary N) is 2. The number of benzene rings is 1. The molecule has 4 rings (SSSR count). The molecular formula is C23H35IN8O. The highest BCUT2D eigenvalue weighted by Crippen LogP contribution is 2.32. The molecule has 1 aromatic heterocycles. The van der Waals surface area contributed by atoms with Crippen molar-refractivity contribution in [3.05, 3.63) is 28.1 Å². The summed E-state index contributed by atoms with van der Waals surface area (Å²) < 4.78 is 0.745. The highest BCUT2D eigenvalue weighted by molar-refractivity contribution is 14.1. The third-order valence-electron chi connectivity index (χ3n) is 6.69. The molecule has 33 heavy (non-hydrogen) atoms. The summed E-state index contributed by atoms with van der Waals surface area (Å²) in [4.78, 5) is 13.7. The molecule has 5 N–H and O–H groups in total. The van der Waals surface area contributed by atoms with Crippen LogP contribution in [0.1, 0.15) is 64.7 Å². The number of aromatic nitrogens is 3. The molecule has 2 atom stereocenters. The Bertz CT molecular complexity index is 902. The number of anilines is 3. The lowest BCUT2D eigenvalue weighted by molar-refractivity contribution is 0.181. The van der Waals surface area contributed by atoms with E-state index in [1.165, 1.54) is 19.3 Å². The van der Waals surface area contributed by atoms with Crippen LogP contribution in [0.4, 0.5) is 17.6 Å². The number of hydrogen-bond donors (Lipinski definition) is 4. The molecule has 2 aromatic rings. The zero-order valence-corrected chi connectivity index (χ0v) is 21.4. The van der Waals surface area contributed by atoms with Crippen molar-refractivity contribution in [3.63, 3.8) is 0 Å². The maximum atomic E-state index is 10.1. The van der Waals surface area contributed by atoms with Crippen LogP contribution in [0.2, 0.25) is 0 Å². The van der Waals surface area contributed by atoms with E-state index in [-0.39, 0.29) is 17.8 Å². The van der Waals surface area contributed by atoms with E-state index in [1.807, 2.05) is 17.1 Å². The second-order valence-electron chi connectivity index (χ2n) is 8.94. The average Bonchev–Trinajstić information content (AvgIpc) is 3.22. The van der Waals surface area contributed by atoms with Gasteiger partial charge in [0.25, 0.3) is 5.95 Å². The number of nitrogens with zero attached hydrogens (tertiary/aromatic N) is 5. The zero-order chi connectivity index (χ0) is 23.2. The lowest BCUT2D eigenvalue weighted by atomic mass is 10.0. The molecule has 1 saturated carbocycles. The highest BCUT2D eigenvalue weighted by Gasteiger charge is 2.28. The Labute approximate surface area is 209 Å². The van der Waals surface area contributed by atoms with Crippen LogP contribution in [-0.2, 0) is 0 Å². The van der Waals surface area contributed by atoms with Crippen molar-refractivity contribution < 1.29 is 5.11 Å². The van der Waals surface area contributed by atoms with Gasteiger partial charge in [-0.25, -0.2) is 15.8 Å². The van der Waals surface area contributed by atoms with Crippen molar-refractivity contribution in [2.24, 2.45) is 5.84 Å². The van der Waals surface area contributed by atoms with Crippen molar-refractivity contribution in [2.75, 3.05) is 16.9 Å². The first-order valence-electron chi connectivity index (χ1n) is 12.1. The number of aromatic hydroxyl groups is 1. The smallest absolute Gasteiger partial charge is 0.250 e. The Hall–Kier alpha value is -1.76. The molecular weight excluding hydrogens is 531 g/mol. The third kappa shape index (κ3) is 6.03. The fourth-order valence-electron chi connectivity index (χ4n) is 4.83. The Kier molecular flexibility index (Phi) is 8.55. The third-order valence-corrected chi connectivity index (χ3v) is 7.56. The molecule has 10 heteroatoms. The number of phenolic OH excluding ortho intramolecular Hbond substituents is 1. The first kappa shape index (κ1) is 24.4. The van der Waals surface area contributed by atoms with Crippen LogP contribution in [0, 0.1) is 3.57 Å². The second-order valence-corrected chi connectivity index (χ2v) is 10.1. The number of hydrogen-bond acceptors (Lipinski definition) is 9. The molecule has 1 aliphatic carbocycles. The average molecular weight is 566 g/mol. The predicted molar refractivity (Wildman–Crippen MR) is 139 cm³/mol. The number of halogens is 1. The van der Waals surface area contributed by atoms with E-state index in [1.54, 1.807) is 17.5 Å². The fourth-order valence-corrected chi connectivity index (χ4v) is 5.33. The maximum Gasteiger partial charge on any atom is 0.250 e. The van der Waals surface area contributed by atoms with E-state index in [2.05, 4.69) is 50.1 Å². The number of nitrogens with two attached hydrogens (primary N) is 1. The number of phenols is 1. The molecule has 2 heterocycles. The fraction of sp³-hybridized carbons (Fsp3) is 0.609. The molecule has 1 aromatic carbocycles. The summed E-state index contributed by atoms with van der Waals surface area (Å²) >= 11 is 2.13. The van der Waals surface area contributed by atoms with E-state index in [9.17, 15) is 5.11 Å². The van der Waals surface area contributed by atoms with Crippen LogP contribution in [0.15, 0.2) is 24.5 Å². The normalized spacial score (nSPS) is 20.5. The van der Waals surface area contributed by atoms with Crippen LogP contribution in [0.25, 0.3) is 0 Å². The van der Waals surface area contributed by atoms with Crippen LogP contribution in [0.5, 0.6) is 5.75 Å². The van der Waals surface area contributed by atoms with Gasteiger partial charge in [0.1, 0.15) is 12.1 Å². The van der Waals surface area contributed by atoms with Gasteiger partial charge < -0.3 is 15.7 Å². The first-order chi connectivity index (χ1) is 16.1. The first-order valence-corrected chi connectivity index (χ1v) is 13.2. The van der Waals surface area contributed by atoms with E-state index < -0.39 is 0 Å². The zero-order valence-electron chi connectivity index (χ0n) is 19.3. The van der Waals surface area contributed by atoms with Gasteiger partial charge in [-0.1, -0.05) is 32.6 Å². The molecule has 1 aliphatic heterocycles. The summed E-state index contributed by atoms with van der Waals surface area (Å²) in [5.41, 5.74) is 0.811. The summed E-state index contributed by atoms with van der Waals surface area (Å²) in [6.45, 7) is 3.24. The Morgan fingerprint density at radius 1 is 1.18 bits per heavy atom. The minimum Gasteiger partial charge on any atom is -0.507 e. The minimum atomic E-state index is 0.193. The van der Waals surface area contributed by atoms with E-state index in [0.29, 0.717) is 17.9 Å². The van der Waals surface area contributed by atoms with Gasteiger partial charge in [0.05, 0.1) is 9.26 Å². The summed E-state index contributed by atoms with van der Waals surface area (Å²) in [5, 5.41) is 20.8. The summed E-state index contributed by atoms with van der Waals surface area (Å²) in [6, 6.07) is 6.30. The van der Waals surface area contributed by atoms with E-state index in [0.717, 1.165) is 54.3 Å². The van der Waals surface area contributed by atoms with E-state index >= 15 is 0 Å². The van der Waals surface area contributed by atoms with Crippen molar-refractivity contribution in [1.29, 1.82) is 0 Å². The molecule has 9 nitrogen and oxygen atoms in total. The van der Waals surface area contributed by atoms with Crippen LogP contribution in [-0.4, -0.2) is 49.8 Å². The van der Waals surface area contributed by atoms with Gasteiger partial charge >= 0.3 is 0 Å². The quantitative estimate of drug-likeness (QED) is 0.162. The Balaban J connectivity index is 1.64. The van der Waals surface area contributed by atoms with Crippen LogP contribution < -0.4 is 21.5 Å². The molecule has 0 spiro atoms. The van der Waals surface area contributed by atoms with Crippen molar-refractivity contribution in [3.8, 4) is 5.75 Å². The van der Waals surface area contributed by atoms with Gasteiger partial charge in [0.2, 0.25) is 5.95 Å². The van der Waals surface area contributed by atoms with E-state index in [4.69, 9.17) is 10.8 Å². The lowest BCUT2D eigenvalue weighted by Gasteiger charge is -2.36. The molecule has 0 amide bonds. The molecule has 1 saturated heterocycles. The van der Waals surface area contributed by atoms with Gasteiger partial charge in [-0.15, -0.1) is 5.12 Å². The molecule has 2 fully saturated rings. The van der Waals surface area contributed by atoms with Crippen molar-refractivity contribution >= 4 is 40.2 Å². The predicted octanol–water partition coefficient (Wildman–Crippen LogP) is 4.08. The second kappa shape index (κ2) is 11.6. The molecule has 2 unspecified atom stereocenters. The largest absolute Gasteiger partial charge is 0.507 e. The molecule has 0 radical (unpaired) electrons. The minimum absolute atomic E-state index is 0.193. The van der Waals surface area contributed by atoms with Gasteiger partial charge in [0, 0.05) is 18.1 Å². The summed E-state index contributed by atoms with van der Waals surface area (Å²) in [7, 11) is 0. The van der Waals surface area contributed by atoms with Crippen molar-refractivity contribution in [2.45, 2.75) is 82.8 Å². The summed E-state index contributed by atoms with van der Waals surface area (Å²) in [6.07, 6.45) is 11.7. The standard InChI is InChI=1S/C23H35IN8O/c1-2-19(20-10-7-13-26-20)29-22-27-15-28-23(30-22)31(17-11-12-21(33)18(24)14-17)32(25)16-8-5-3-4-6-9-16/h11-12,14-16,19-20,26,33H,2-10,13,25H2,1H3,(H,27,28,29,30). The van der Waals surface area contributed by atoms with Gasteiger partial charge in [-0.3, -0.25) is 0 Å². The molecule has 2 aliphatic rings. The Morgan fingerprint density at radius 2 is 1.97 bits per heavy atom. The topological polar surface area (TPSA) is 115 Å². The number of hydrazine groups is 2. The lowest BCUT2D eigenvalue weighted by Crippen LogP contribution is -2.52. The SMILES string of the molecule is CCC(Nc1ncnc(N(c2ccc(O)c(I)c2)N(N)C2CCCCCC2)n1)C1CCCN1. The van der Waals surface area contributed by atoms with Crippen LogP contribution >= 0.6 is 22.6 Å². The monoisotopic (exact) mass is 566 g/mol. The van der Waals surface area contributed by atoms with Gasteiger partial charge in [-0.05, 0) is 79.4 Å². The molecule has 180 valence electrons. The van der Waals surface area contributed by atoms with Crippen molar-refractivity contribution in [1.82, 2.24) is 25.4 Å². The van der Waals surface area contributed by atoms with Gasteiger partial charge in [-0.2, -0.15) is 9.97 Å².